The maximum absolute atomic E-state index is 12.0. The van der Waals surface area contributed by atoms with E-state index in [2.05, 4.69) is 24.1 Å². The third-order valence-electron chi connectivity index (χ3n) is 4.31. The van der Waals surface area contributed by atoms with Crippen LogP contribution in [0.1, 0.15) is 20.3 Å². The molecule has 2 fully saturated rings. The van der Waals surface area contributed by atoms with Gasteiger partial charge in [0.15, 0.2) is 0 Å². The molecule has 2 aliphatic heterocycles. The molecule has 2 N–H and O–H groups in total. The first-order valence-corrected chi connectivity index (χ1v) is 7.49. The van der Waals surface area contributed by atoms with Crippen molar-refractivity contribution in [1.29, 1.82) is 0 Å². The van der Waals surface area contributed by atoms with Crippen molar-refractivity contribution in [2.24, 2.45) is 5.92 Å². The van der Waals surface area contributed by atoms with Crippen LogP contribution in [-0.4, -0.2) is 79.0 Å². The van der Waals surface area contributed by atoms with Gasteiger partial charge < -0.3 is 20.1 Å². The highest BCUT2D eigenvalue weighted by molar-refractivity contribution is 5.74. The molecule has 116 valence electrons. The van der Waals surface area contributed by atoms with Gasteiger partial charge >= 0.3 is 6.03 Å². The Morgan fingerprint density at radius 3 is 2.90 bits per heavy atom. The summed E-state index contributed by atoms with van der Waals surface area (Å²) in [5.41, 5.74) is 0.0403. The molecule has 2 amide bonds. The molecule has 0 aromatic carbocycles. The fourth-order valence-corrected chi connectivity index (χ4v) is 2.88. The van der Waals surface area contributed by atoms with E-state index < -0.39 is 0 Å². The predicted molar refractivity (Wildman–Crippen MR) is 76.6 cm³/mol. The third-order valence-corrected chi connectivity index (χ3v) is 4.31. The lowest BCUT2D eigenvalue weighted by molar-refractivity contribution is -0.0498. The van der Waals surface area contributed by atoms with Gasteiger partial charge in [0.05, 0.1) is 13.2 Å². The van der Waals surface area contributed by atoms with Crippen LogP contribution >= 0.6 is 0 Å². The zero-order chi connectivity index (χ0) is 14.6. The number of rotatable bonds is 4. The van der Waals surface area contributed by atoms with Gasteiger partial charge in [-0.1, -0.05) is 0 Å². The van der Waals surface area contributed by atoms with Crippen LogP contribution in [0.15, 0.2) is 0 Å². The van der Waals surface area contributed by atoms with Gasteiger partial charge in [-0.3, -0.25) is 4.90 Å². The topological polar surface area (TPSA) is 65.0 Å². The van der Waals surface area contributed by atoms with E-state index >= 15 is 0 Å². The Balaban J connectivity index is 1.69. The van der Waals surface area contributed by atoms with E-state index in [1.54, 1.807) is 4.90 Å². The van der Waals surface area contributed by atoms with E-state index in [0.717, 1.165) is 39.3 Å². The summed E-state index contributed by atoms with van der Waals surface area (Å²) in [5, 5.41) is 12.1. The van der Waals surface area contributed by atoms with E-state index in [-0.39, 0.29) is 24.1 Å². The molecule has 20 heavy (non-hydrogen) atoms. The van der Waals surface area contributed by atoms with Crippen LogP contribution in [0.25, 0.3) is 0 Å². The molecule has 2 heterocycles. The van der Waals surface area contributed by atoms with Gasteiger partial charge in [0.1, 0.15) is 0 Å². The monoisotopic (exact) mass is 285 g/mol. The van der Waals surface area contributed by atoms with Crippen molar-refractivity contribution < 1.29 is 14.6 Å². The molecular weight excluding hydrogens is 258 g/mol. The van der Waals surface area contributed by atoms with Crippen molar-refractivity contribution in [2.75, 3.05) is 52.5 Å². The van der Waals surface area contributed by atoms with Gasteiger partial charge in [0, 0.05) is 50.8 Å². The quantitative estimate of drug-likeness (QED) is 0.770. The molecular formula is C14H27N3O3. The minimum atomic E-state index is -0.00739. The molecule has 2 saturated heterocycles. The highest BCUT2D eigenvalue weighted by Crippen LogP contribution is 2.18. The highest BCUT2D eigenvalue weighted by Gasteiger charge is 2.30. The second-order valence-corrected chi connectivity index (χ2v) is 6.37. The number of morpholine rings is 1. The Kier molecular flexibility index (Phi) is 5.23. The molecule has 6 heteroatoms. The Morgan fingerprint density at radius 1 is 1.45 bits per heavy atom. The molecule has 0 spiro atoms. The molecule has 2 aliphatic rings. The second kappa shape index (κ2) is 6.74. The normalized spacial score (nSPS) is 26.8. The summed E-state index contributed by atoms with van der Waals surface area (Å²) < 4.78 is 5.49. The first kappa shape index (κ1) is 15.5. The smallest absolute Gasteiger partial charge is 0.317 e. The number of amides is 2. The van der Waals surface area contributed by atoms with E-state index in [0.29, 0.717) is 13.1 Å². The summed E-state index contributed by atoms with van der Waals surface area (Å²) in [5.74, 6) is 0.249. The number of urea groups is 1. The molecule has 0 radical (unpaired) electrons. The van der Waals surface area contributed by atoms with Crippen LogP contribution in [0.3, 0.4) is 0 Å². The van der Waals surface area contributed by atoms with Gasteiger partial charge in [-0.2, -0.15) is 0 Å². The van der Waals surface area contributed by atoms with Crippen LogP contribution in [0.4, 0.5) is 4.79 Å². The van der Waals surface area contributed by atoms with Crippen LogP contribution in [-0.2, 0) is 4.74 Å². The summed E-state index contributed by atoms with van der Waals surface area (Å²) in [6.45, 7) is 9.85. The largest absolute Gasteiger partial charge is 0.396 e. The SMILES string of the molecule is CC1(C)COCCN1CCNC(=O)N1CC[C@H](CO)C1. The lowest BCUT2D eigenvalue weighted by Crippen LogP contribution is -2.55. The summed E-state index contributed by atoms with van der Waals surface area (Å²) in [6, 6.07) is -0.00739. The molecule has 0 bridgehead atoms. The maximum atomic E-state index is 12.0. The number of nitrogens with one attached hydrogen (secondary N) is 1. The number of carbonyl (C=O) groups is 1. The lowest BCUT2D eigenvalue weighted by Gasteiger charge is -2.42. The van der Waals surface area contributed by atoms with Gasteiger partial charge in [-0.05, 0) is 20.3 Å². The van der Waals surface area contributed by atoms with E-state index in [4.69, 9.17) is 9.84 Å². The van der Waals surface area contributed by atoms with Crippen LogP contribution < -0.4 is 5.32 Å². The molecule has 0 saturated carbocycles. The summed E-state index contributed by atoms with van der Waals surface area (Å²) in [4.78, 5) is 16.2. The van der Waals surface area contributed by atoms with Gasteiger partial charge in [-0.25, -0.2) is 4.79 Å². The van der Waals surface area contributed by atoms with Crippen LogP contribution in [0.2, 0.25) is 0 Å². The van der Waals surface area contributed by atoms with Crippen LogP contribution in [0, 0.1) is 5.92 Å². The van der Waals surface area contributed by atoms with Gasteiger partial charge in [0.2, 0.25) is 0 Å². The van der Waals surface area contributed by atoms with Gasteiger partial charge in [-0.15, -0.1) is 0 Å². The standard InChI is InChI=1S/C14H27N3O3/c1-14(2)11-20-8-7-17(14)6-4-15-13(19)16-5-3-12(9-16)10-18/h12,18H,3-11H2,1-2H3,(H,15,19)/t12-/m0/s1. The Morgan fingerprint density at radius 2 is 2.25 bits per heavy atom. The van der Waals surface area contributed by atoms with Crippen LogP contribution in [0.5, 0.6) is 0 Å². The zero-order valence-corrected chi connectivity index (χ0v) is 12.6. The average molecular weight is 285 g/mol. The fraction of sp³-hybridized carbons (Fsp3) is 0.929. The van der Waals surface area contributed by atoms with Crippen molar-refractivity contribution in [1.82, 2.24) is 15.1 Å². The van der Waals surface area contributed by atoms with Crippen molar-refractivity contribution in [3.05, 3.63) is 0 Å². The molecule has 0 unspecified atom stereocenters. The minimum Gasteiger partial charge on any atom is -0.396 e. The van der Waals surface area contributed by atoms with E-state index in [9.17, 15) is 4.79 Å². The predicted octanol–water partition coefficient (Wildman–Crippen LogP) is 0.121. The minimum absolute atomic E-state index is 0.00739. The van der Waals surface area contributed by atoms with Gasteiger partial charge in [0.25, 0.3) is 0 Å². The third kappa shape index (κ3) is 3.84. The number of aliphatic hydroxyl groups excluding tert-OH is 1. The van der Waals surface area contributed by atoms with Crippen molar-refractivity contribution in [3.8, 4) is 0 Å². The Hall–Kier alpha value is -0.850. The number of nitrogens with zero attached hydrogens (tertiary/aromatic N) is 2. The number of hydrogen-bond acceptors (Lipinski definition) is 4. The fourth-order valence-electron chi connectivity index (χ4n) is 2.88. The highest BCUT2D eigenvalue weighted by atomic mass is 16.5. The number of hydrogen-bond donors (Lipinski definition) is 2. The van der Waals surface area contributed by atoms with Crippen molar-refractivity contribution >= 4 is 6.03 Å². The van der Waals surface area contributed by atoms with Crippen molar-refractivity contribution in [2.45, 2.75) is 25.8 Å². The summed E-state index contributed by atoms with van der Waals surface area (Å²) in [7, 11) is 0. The number of likely N-dealkylation sites (tertiary alicyclic amines) is 1. The molecule has 0 aromatic heterocycles. The number of ether oxygens (including phenoxy) is 1. The van der Waals surface area contributed by atoms with E-state index in [1.165, 1.54) is 0 Å². The zero-order valence-electron chi connectivity index (χ0n) is 12.6. The Labute approximate surface area is 121 Å². The lowest BCUT2D eigenvalue weighted by atomic mass is 10.0. The molecule has 2 rings (SSSR count). The first-order chi connectivity index (χ1) is 9.53. The number of aliphatic hydroxyl groups is 1. The summed E-state index contributed by atoms with van der Waals surface area (Å²) >= 11 is 0. The second-order valence-electron chi connectivity index (χ2n) is 6.37. The summed E-state index contributed by atoms with van der Waals surface area (Å²) in [6.07, 6.45) is 0.903. The molecule has 0 aliphatic carbocycles. The molecule has 1 atom stereocenters. The first-order valence-electron chi connectivity index (χ1n) is 7.49. The van der Waals surface area contributed by atoms with Crippen molar-refractivity contribution in [3.63, 3.8) is 0 Å². The molecule has 0 aromatic rings. The molecule has 6 nitrogen and oxygen atoms in total. The maximum Gasteiger partial charge on any atom is 0.317 e. The van der Waals surface area contributed by atoms with E-state index in [1.807, 2.05) is 0 Å². The number of carbonyl (C=O) groups excluding carboxylic acids is 1. The average Bonchev–Trinajstić information content (AvgIpc) is 2.89. The Bertz CT molecular complexity index is 336.